The van der Waals surface area contributed by atoms with Crippen LogP contribution >= 0.6 is 34.8 Å². The van der Waals surface area contributed by atoms with E-state index in [-0.39, 0.29) is 0 Å². The molecule has 14 heteroatoms. The predicted molar refractivity (Wildman–Crippen MR) is 177 cm³/mol. The van der Waals surface area contributed by atoms with Crippen molar-refractivity contribution in [2.45, 2.75) is 62.8 Å². The van der Waals surface area contributed by atoms with Crippen molar-refractivity contribution < 1.29 is 10.2 Å². The van der Waals surface area contributed by atoms with Gasteiger partial charge in [0.25, 0.3) is 0 Å². The summed E-state index contributed by atoms with van der Waals surface area (Å²) in [7, 11) is 0. The molecular weight excluding hydrogens is 649 g/mol. The van der Waals surface area contributed by atoms with E-state index in [2.05, 4.69) is 39.0 Å². The number of anilines is 1. The number of hydrogen-bond acceptors (Lipinski definition) is 9. The molecule has 0 radical (unpaired) electrons. The maximum absolute atomic E-state index is 10.8. The predicted octanol–water partition coefficient (Wildman–Crippen LogP) is 6.81. The van der Waals surface area contributed by atoms with Crippen LogP contribution in [0.4, 0.5) is 5.82 Å². The van der Waals surface area contributed by atoms with E-state index in [1.807, 2.05) is 12.4 Å². The Kier molecular flexibility index (Phi) is 8.51. The Morgan fingerprint density at radius 3 is 1.63 bits per heavy atom. The number of halogens is 3. The Bertz CT molecular complexity index is 1900. The van der Waals surface area contributed by atoms with E-state index in [0.29, 0.717) is 66.4 Å². The van der Waals surface area contributed by atoms with Gasteiger partial charge in [-0.1, -0.05) is 34.8 Å². The highest BCUT2D eigenvalue weighted by Gasteiger charge is 2.29. The Morgan fingerprint density at radius 1 is 0.674 bits per heavy atom. The van der Waals surface area contributed by atoms with Gasteiger partial charge in [-0.05, 0) is 62.8 Å². The monoisotopic (exact) mass is 677 g/mol. The van der Waals surface area contributed by atoms with Gasteiger partial charge in [0, 0.05) is 58.0 Å². The Morgan fingerprint density at radius 2 is 1.15 bits per heavy atom. The van der Waals surface area contributed by atoms with E-state index in [0.717, 1.165) is 37.0 Å². The largest absolute Gasteiger partial charge is 0.383 e. The van der Waals surface area contributed by atoms with Gasteiger partial charge in [-0.2, -0.15) is 0 Å². The lowest BCUT2D eigenvalue weighted by atomic mass is 9.93. The van der Waals surface area contributed by atoms with Gasteiger partial charge < -0.3 is 25.1 Å². The molecule has 6 heterocycles. The molecule has 0 aliphatic heterocycles. The van der Waals surface area contributed by atoms with Crippen molar-refractivity contribution in [3.05, 3.63) is 99.4 Å². The molecule has 236 valence electrons. The lowest BCUT2D eigenvalue weighted by Gasteiger charge is -2.27. The van der Waals surface area contributed by atoms with Crippen molar-refractivity contribution in [3.8, 4) is 0 Å². The normalized spacial score (nSPS) is 16.5. The molecule has 46 heavy (non-hydrogen) atoms. The lowest BCUT2D eigenvalue weighted by molar-refractivity contribution is 0.215. The highest BCUT2D eigenvalue weighted by molar-refractivity contribution is 6.34. The number of aromatic nitrogens is 8. The van der Waals surface area contributed by atoms with Crippen LogP contribution in [0.25, 0.3) is 22.1 Å². The number of aliphatic hydroxyl groups excluding tert-OH is 2. The van der Waals surface area contributed by atoms with E-state index in [4.69, 9.17) is 40.5 Å². The maximum Gasteiger partial charge on any atom is 0.146 e. The zero-order valence-corrected chi connectivity index (χ0v) is 26.8. The van der Waals surface area contributed by atoms with Gasteiger partial charge >= 0.3 is 0 Å². The molecule has 11 nitrogen and oxygen atoms in total. The first-order chi connectivity index (χ1) is 22.3. The number of pyridine rings is 2. The molecule has 4 N–H and O–H groups in total. The minimum Gasteiger partial charge on any atom is -0.383 e. The molecule has 0 aromatic carbocycles. The first-order valence-corrected chi connectivity index (χ1v) is 16.1. The Hall–Kier alpha value is -3.87. The molecule has 0 bridgehead atoms. The highest BCUT2D eigenvalue weighted by Crippen LogP contribution is 2.41. The summed E-state index contributed by atoms with van der Waals surface area (Å²) in [6.07, 6.45) is 14.9. The van der Waals surface area contributed by atoms with Crippen LogP contribution < -0.4 is 5.73 Å². The second kappa shape index (κ2) is 12.7. The molecule has 2 aliphatic rings. The first-order valence-electron chi connectivity index (χ1n) is 15.0. The summed E-state index contributed by atoms with van der Waals surface area (Å²) in [6.45, 7) is 0. The zero-order valence-electron chi connectivity index (χ0n) is 24.5. The quantitative estimate of drug-likeness (QED) is 0.161. The molecular formula is C32H30Cl3N9O2. The summed E-state index contributed by atoms with van der Waals surface area (Å²) >= 11 is 18.3. The number of hydrogen-bond donors (Lipinski definition) is 3. The van der Waals surface area contributed by atoms with Gasteiger partial charge in [0.2, 0.25) is 0 Å². The van der Waals surface area contributed by atoms with Crippen LogP contribution in [0.15, 0.2) is 61.7 Å². The van der Waals surface area contributed by atoms with E-state index in [1.54, 1.807) is 36.7 Å². The molecule has 2 saturated carbocycles. The average Bonchev–Trinajstić information content (AvgIpc) is 3.56. The van der Waals surface area contributed by atoms with Gasteiger partial charge in [-0.15, -0.1) is 0 Å². The molecule has 2 unspecified atom stereocenters. The molecule has 6 aromatic rings. The number of nitrogens with two attached hydrogens (primary N) is 1. The van der Waals surface area contributed by atoms with Crippen LogP contribution in [-0.4, -0.2) is 49.3 Å². The van der Waals surface area contributed by atoms with Crippen LogP contribution in [-0.2, 0) is 0 Å². The maximum atomic E-state index is 10.8. The van der Waals surface area contributed by atoms with E-state index in [1.165, 1.54) is 25.5 Å². The summed E-state index contributed by atoms with van der Waals surface area (Å²) in [5.41, 5.74) is 9.85. The van der Waals surface area contributed by atoms with Crippen LogP contribution in [0.1, 0.15) is 85.3 Å². The first kappa shape index (κ1) is 30.8. The molecule has 2 atom stereocenters. The number of aliphatic hydroxyl groups is 2. The van der Waals surface area contributed by atoms with Crippen molar-refractivity contribution in [2.24, 2.45) is 0 Å². The van der Waals surface area contributed by atoms with Crippen molar-refractivity contribution in [2.75, 3.05) is 5.73 Å². The fourth-order valence-electron chi connectivity index (χ4n) is 5.97. The molecule has 8 rings (SSSR count). The number of nitrogens with zero attached hydrogens (tertiary/aromatic N) is 8. The average molecular weight is 679 g/mol. The third kappa shape index (κ3) is 5.67. The minimum absolute atomic E-state index is 0.337. The summed E-state index contributed by atoms with van der Waals surface area (Å²) in [4.78, 5) is 25.3. The number of rotatable bonds is 6. The third-order valence-corrected chi connectivity index (χ3v) is 9.59. The number of fused-ring (bicyclic) bond motifs is 2. The minimum atomic E-state index is -0.930. The van der Waals surface area contributed by atoms with E-state index < -0.39 is 12.2 Å². The van der Waals surface area contributed by atoms with Crippen LogP contribution in [0.5, 0.6) is 0 Å². The summed E-state index contributed by atoms with van der Waals surface area (Å²) in [5.74, 6) is 0.365. The second-order valence-corrected chi connectivity index (χ2v) is 12.8. The van der Waals surface area contributed by atoms with Gasteiger partial charge in [-0.25, -0.2) is 19.9 Å². The third-order valence-electron chi connectivity index (χ3n) is 8.83. The molecule has 0 amide bonds. The van der Waals surface area contributed by atoms with Gasteiger partial charge in [0.1, 0.15) is 47.1 Å². The van der Waals surface area contributed by atoms with E-state index in [9.17, 15) is 10.2 Å². The molecule has 2 aliphatic carbocycles. The number of nitrogen functional groups attached to an aromatic ring is 1. The SMILES string of the molecule is Nc1ncnc2c1c(C(O)c1cc(Cl)ccn1)cn2C1CCC1.OC(c1cc(Cl)ccn1)c1cn(C2CCC2)c2ncnc(Cl)c12. The van der Waals surface area contributed by atoms with E-state index >= 15 is 0 Å². The summed E-state index contributed by atoms with van der Waals surface area (Å²) in [5, 5.41) is 24.3. The fraction of sp³-hybridized carbons (Fsp3) is 0.312. The van der Waals surface area contributed by atoms with Crippen LogP contribution in [0.3, 0.4) is 0 Å². The van der Waals surface area contributed by atoms with Crippen molar-refractivity contribution in [3.63, 3.8) is 0 Å². The molecule has 2 fully saturated rings. The van der Waals surface area contributed by atoms with Crippen molar-refractivity contribution >= 4 is 62.7 Å². The molecule has 0 saturated heterocycles. The zero-order chi connectivity index (χ0) is 31.9. The van der Waals surface area contributed by atoms with Gasteiger partial charge in [-0.3, -0.25) is 9.97 Å². The van der Waals surface area contributed by atoms with Gasteiger partial charge in [0.15, 0.2) is 0 Å². The highest BCUT2D eigenvalue weighted by atomic mass is 35.5. The topological polar surface area (TPSA) is 154 Å². The summed E-state index contributed by atoms with van der Waals surface area (Å²) in [6, 6.07) is 7.45. The van der Waals surface area contributed by atoms with Crippen molar-refractivity contribution in [1.82, 2.24) is 39.0 Å². The molecule has 6 aromatic heterocycles. The molecule has 0 spiro atoms. The standard InChI is InChI=1S/C16H14Cl2N4O.C16H16ClN5O/c2*17-9-4-5-19-12(6-9)14(23)11-7-22(10-2-1-3-10)16-13(11)15(18)20-8-21-16/h4-8,10,14,23H,1-3H2;4-8,10,14,23H,1-3H2,(H2,18,20,21). The lowest BCUT2D eigenvalue weighted by Crippen LogP contribution is -2.16. The van der Waals surface area contributed by atoms with Gasteiger partial charge in [0.05, 0.1) is 22.2 Å². The Balaban J connectivity index is 0.000000147. The van der Waals surface area contributed by atoms with Crippen molar-refractivity contribution in [1.29, 1.82) is 0 Å². The summed E-state index contributed by atoms with van der Waals surface area (Å²) < 4.78 is 4.19. The fourth-order valence-corrected chi connectivity index (χ4v) is 6.55. The Labute approximate surface area is 279 Å². The van der Waals surface area contributed by atoms with Crippen LogP contribution in [0, 0.1) is 0 Å². The second-order valence-electron chi connectivity index (χ2n) is 11.6. The smallest absolute Gasteiger partial charge is 0.146 e. The van der Waals surface area contributed by atoms with Crippen LogP contribution in [0.2, 0.25) is 15.2 Å².